The summed E-state index contributed by atoms with van der Waals surface area (Å²) in [6.07, 6.45) is 4.58. The summed E-state index contributed by atoms with van der Waals surface area (Å²) in [5, 5.41) is 0. The van der Waals surface area contributed by atoms with E-state index < -0.39 is 0 Å². The topological polar surface area (TPSA) is 39.1 Å². The molecule has 0 aliphatic rings. The monoisotopic (exact) mass is 423 g/mol. The van der Waals surface area contributed by atoms with Gasteiger partial charge in [0.2, 0.25) is 0 Å². The van der Waals surface area contributed by atoms with Crippen molar-refractivity contribution in [3.8, 4) is 0 Å². The predicted octanol–water partition coefficient (Wildman–Crippen LogP) is 7.57. The molecule has 31 heavy (non-hydrogen) atoms. The molecule has 2 aromatic rings. The van der Waals surface area contributed by atoms with Crippen LogP contribution in [0.3, 0.4) is 0 Å². The summed E-state index contributed by atoms with van der Waals surface area (Å²) in [5.41, 5.74) is 4.92. The molecular weight excluding hydrogens is 382 g/mol. The molecule has 0 aliphatic heterocycles. The first-order valence-electron chi connectivity index (χ1n) is 11.3. The fourth-order valence-corrected chi connectivity index (χ4v) is 2.87. The van der Waals surface area contributed by atoms with Gasteiger partial charge in [-0.3, -0.25) is 9.59 Å². The van der Waals surface area contributed by atoms with Gasteiger partial charge in [0.1, 0.15) is 0 Å². The highest BCUT2D eigenvalue weighted by atomic mass is 16.1. The first kappa shape index (κ1) is 28.3. The quantitative estimate of drug-likeness (QED) is 0.355. The first-order chi connectivity index (χ1) is 14.6. The van der Waals surface area contributed by atoms with Crippen LogP contribution in [0, 0.1) is 12.8 Å². The Hall–Kier alpha value is -2.68. The van der Waals surface area contributed by atoms with Crippen molar-refractivity contribution < 1.29 is 4.79 Å². The van der Waals surface area contributed by atoms with E-state index in [4.69, 9.17) is 0 Å². The van der Waals surface area contributed by atoms with Crippen LogP contribution in [0.2, 0.25) is 0 Å². The minimum Gasteiger partial charge on any atom is -0.347 e. The number of rotatable bonds is 6. The van der Waals surface area contributed by atoms with Gasteiger partial charge in [-0.15, -0.1) is 0 Å². The van der Waals surface area contributed by atoms with Crippen molar-refractivity contribution in [3.63, 3.8) is 0 Å². The van der Waals surface area contributed by atoms with Crippen LogP contribution in [-0.4, -0.2) is 10.4 Å². The zero-order valence-corrected chi connectivity index (χ0v) is 21.0. The van der Waals surface area contributed by atoms with E-state index in [1.54, 1.807) is 12.3 Å². The van der Waals surface area contributed by atoms with E-state index >= 15 is 0 Å². The maximum atomic E-state index is 12.3. The van der Waals surface area contributed by atoms with Crippen LogP contribution in [0.1, 0.15) is 89.0 Å². The van der Waals surface area contributed by atoms with Gasteiger partial charge in [0.25, 0.3) is 0 Å². The molecule has 0 unspecified atom stereocenters. The Morgan fingerprint density at radius 3 is 2.19 bits per heavy atom. The number of benzene rings is 1. The van der Waals surface area contributed by atoms with E-state index in [0.29, 0.717) is 0 Å². The molecule has 0 aliphatic carbocycles. The third-order valence-electron chi connectivity index (χ3n) is 4.16. The maximum Gasteiger partial charge on any atom is 0.192 e. The highest BCUT2D eigenvalue weighted by molar-refractivity contribution is 5.94. The molecule has 0 saturated heterocycles. The third-order valence-corrected chi connectivity index (χ3v) is 4.16. The Morgan fingerprint density at radius 1 is 1.13 bits per heavy atom. The fourth-order valence-electron chi connectivity index (χ4n) is 2.87. The minimum absolute atomic E-state index is 0.202. The lowest BCUT2D eigenvalue weighted by Gasteiger charge is -2.15. The van der Waals surface area contributed by atoms with Gasteiger partial charge in [0, 0.05) is 24.5 Å². The fraction of sp³-hybridized carbons (Fsp3) is 0.429. The van der Waals surface area contributed by atoms with E-state index in [1.807, 2.05) is 56.5 Å². The molecule has 0 bridgehead atoms. The number of allylic oxidation sites excluding steroid dienone is 3. The minimum atomic E-state index is -0.233. The SMILES string of the molecule is C=C(/C=C(\C)c1cc(=O)c(C(C)=O)cn1CCC)c1cccc(C)c1.CC.CC(C)C. The molecule has 0 radical (unpaired) electrons. The molecule has 0 N–H and O–H groups in total. The van der Waals surface area contributed by atoms with Gasteiger partial charge in [0.05, 0.1) is 5.56 Å². The summed E-state index contributed by atoms with van der Waals surface area (Å²) in [5.74, 6) is 0.632. The molecule has 0 saturated carbocycles. The van der Waals surface area contributed by atoms with E-state index in [-0.39, 0.29) is 16.8 Å². The van der Waals surface area contributed by atoms with Crippen molar-refractivity contribution in [2.24, 2.45) is 5.92 Å². The number of ketones is 1. The number of Topliss-reactive ketones (excluding diaryl/α,β-unsaturated/α-hetero) is 1. The van der Waals surface area contributed by atoms with Crippen LogP contribution in [0.25, 0.3) is 11.1 Å². The lowest BCUT2D eigenvalue weighted by molar-refractivity contribution is 0.101. The van der Waals surface area contributed by atoms with Crippen LogP contribution in [0.4, 0.5) is 0 Å². The van der Waals surface area contributed by atoms with Crippen molar-refractivity contribution in [2.75, 3.05) is 0 Å². The lowest BCUT2D eigenvalue weighted by atomic mass is 10.0. The van der Waals surface area contributed by atoms with E-state index in [2.05, 4.69) is 40.3 Å². The normalized spacial score (nSPS) is 10.6. The second-order valence-electron chi connectivity index (χ2n) is 8.14. The van der Waals surface area contributed by atoms with Crippen LogP contribution in [-0.2, 0) is 6.54 Å². The molecule has 3 heteroatoms. The zero-order chi connectivity index (χ0) is 24.1. The number of carbonyl (C=O) groups excluding carboxylic acids is 1. The molecule has 0 fully saturated rings. The number of carbonyl (C=O) groups is 1. The van der Waals surface area contributed by atoms with Crippen molar-refractivity contribution in [1.29, 1.82) is 0 Å². The van der Waals surface area contributed by atoms with Gasteiger partial charge in [0.15, 0.2) is 11.2 Å². The number of hydrogen-bond acceptors (Lipinski definition) is 2. The van der Waals surface area contributed by atoms with Gasteiger partial charge >= 0.3 is 0 Å². The molecule has 2 rings (SSSR count). The summed E-state index contributed by atoms with van der Waals surface area (Å²) in [4.78, 5) is 23.9. The number of nitrogens with zero attached hydrogens (tertiary/aromatic N) is 1. The van der Waals surface area contributed by atoms with Crippen molar-refractivity contribution >= 4 is 16.9 Å². The second-order valence-corrected chi connectivity index (χ2v) is 8.14. The van der Waals surface area contributed by atoms with E-state index in [9.17, 15) is 9.59 Å². The average molecular weight is 424 g/mol. The Labute approximate surface area is 189 Å². The molecule has 1 aromatic carbocycles. The summed E-state index contributed by atoms with van der Waals surface area (Å²) in [6.45, 7) is 22.9. The molecule has 3 nitrogen and oxygen atoms in total. The van der Waals surface area contributed by atoms with Gasteiger partial charge < -0.3 is 4.57 Å². The zero-order valence-electron chi connectivity index (χ0n) is 21.0. The third kappa shape index (κ3) is 9.78. The van der Waals surface area contributed by atoms with Gasteiger partial charge in [-0.1, -0.05) is 78.0 Å². The Balaban J connectivity index is 0.00000134. The van der Waals surface area contributed by atoms with Crippen molar-refractivity contribution in [2.45, 2.75) is 75.3 Å². The first-order valence-corrected chi connectivity index (χ1v) is 11.3. The van der Waals surface area contributed by atoms with Crippen LogP contribution >= 0.6 is 0 Å². The van der Waals surface area contributed by atoms with Crippen molar-refractivity contribution in [1.82, 2.24) is 4.57 Å². The Bertz CT molecular complexity index is 943. The van der Waals surface area contributed by atoms with E-state index in [1.165, 1.54) is 12.5 Å². The Kier molecular flexibility index (Phi) is 13.1. The number of aromatic nitrogens is 1. The van der Waals surface area contributed by atoms with Crippen molar-refractivity contribution in [3.05, 3.63) is 81.8 Å². The number of aryl methyl sites for hydroxylation is 2. The molecule has 0 atom stereocenters. The molecule has 0 amide bonds. The molecule has 1 aromatic heterocycles. The summed E-state index contributed by atoms with van der Waals surface area (Å²) < 4.78 is 1.98. The Morgan fingerprint density at radius 2 is 1.71 bits per heavy atom. The highest BCUT2D eigenvalue weighted by Gasteiger charge is 2.11. The van der Waals surface area contributed by atoms with Crippen LogP contribution in [0.5, 0.6) is 0 Å². The number of pyridine rings is 1. The predicted molar refractivity (Wildman–Crippen MR) is 137 cm³/mol. The molecule has 170 valence electrons. The van der Waals surface area contributed by atoms with Crippen LogP contribution < -0.4 is 5.43 Å². The largest absolute Gasteiger partial charge is 0.347 e. The second kappa shape index (κ2) is 14.3. The maximum absolute atomic E-state index is 12.3. The molecule has 1 heterocycles. The standard InChI is InChI=1S/C22H25NO2.C4H10.C2H6/c1-6-10-23-14-20(18(5)24)22(25)13-21(23)17(4)12-16(3)19-9-7-8-15(2)11-19;1-4(2)3;1-2/h7-9,11-14H,3,6,10H2,1-2,4-5H3;4H,1-3H3;1-2H3/b17-12+;;. The van der Waals surface area contributed by atoms with Gasteiger partial charge in [-0.05, 0) is 55.9 Å². The average Bonchev–Trinajstić information content (AvgIpc) is 2.70. The summed E-state index contributed by atoms with van der Waals surface area (Å²) in [6, 6.07) is 9.73. The van der Waals surface area contributed by atoms with E-state index in [0.717, 1.165) is 41.3 Å². The van der Waals surface area contributed by atoms with Crippen LogP contribution in [0.15, 0.2) is 54.0 Å². The molecule has 0 spiro atoms. The van der Waals surface area contributed by atoms with Gasteiger partial charge in [-0.2, -0.15) is 0 Å². The lowest BCUT2D eigenvalue weighted by Crippen LogP contribution is -2.18. The number of hydrogen-bond donors (Lipinski definition) is 0. The summed E-state index contributed by atoms with van der Waals surface area (Å²) in [7, 11) is 0. The molecular formula is C28H41NO2. The van der Waals surface area contributed by atoms with Gasteiger partial charge in [-0.25, -0.2) is 0 Å². The summed E-state index contributed by atoms with van der Waals surface area (Å²) >= 11 is 0. The smallest absolute Gasteiger partial charge is 0.192 e. The highest BCUT2D eigenvalue weighted by Crippen LogP contribution is 2.21.